The standard InChI is InChI=1S/C9H10INO3/c1-6-4-7(9(12)13)11-5-8(6)14-3-2-10/h4-5H,2-3H2,1H3,(H,12,13). The van der Waals surface area contributed by atoms with Crippen LogP contribution in [-0.4, -0.2) is 27.1 Å². The van der Waals surface area contributed by atoms with Crippen LogP contribution in [-0.2, 0) is 0 Å². The van der Waals surface area contributed by atoms with Crippen molar-refractivity contribution in [3.63, 3.8) is 0 Å². The highest BCUT2D eigenvalue weighted by Crippen LogP contribution is 2.16. The molecule has 76 valence electrons. The van der Waals surface area contributed by atoms with Crippen LogP contribution in [0.3, 0.4) is 0 Å². The SMILES string of the molecule is Cc1cc(C(=O)O)ncc1OCCI. The van der Waals surface area contributed by atoms with Crippen molar-refractivity contribution in [1.29, 1.82) is 0 Å². The van der Waals surface area contributed by atoms with Crippen LogP contribution in [0.4, 0.5) is 0 Å². The van der Waals surface area contributed by atoms with Crippen molar-refractivity contribution in [3.8, 4) is 5.75 Å². The van der Waals surface area contributed by atoms with Gasteiger partial charge in [0.05, 0.1) is 12.8 Å². The van der Waals surface area contributed by atoms with Gasteiger partial charge in [0.15, 0.2) is 0 Å². The first-order valence-electron chi connectivity index (χ1n) is 4.04. The van der Waals surface area contributed by atoms with Crippen molar-refractivity contribution in [1.82, 2.24) is 4.98 Å². The molecule has 0 aromatic carbocycles. The van der Waals surface area contributed by atoms with E-state index in [4.69, 9.17) is 9.84 Å². The van der Waals surface area contributed by atoms with Gasteiger partial charge in [-0.15, -0.1) is 0 Å². The molecule has 0 fully saturated rings. The molecule has 1 heterocycles. The molecule has 0 radical (unpaired) electrons. The Kier molecular flexibility index (Phi) is 4.12. The van der Waals surface area contributed by atoms with E-state index in [0.29, 0.717) is 12.4 Å². The minimum absolute atomic E-state index is 0.0457. The van der Waals surface area contributed by atoms with Crippen LogP contribution in [0, 0.1) is 6.92 Å². The number of nitrogens with zero attached hydrogens (tertiary/aromatic N) is 1. The average molecular weight is 307 g/mol. The molecule has 1 aromatic rings. The fourth-order valence-electron chi connectivity index (χ4n) is 0.960. The number of aromatic carboxylic acids is 1. The van der Waals surface area contributed by atoms with Gasteiger partial charge in [0, 0.05) is 4.43 Å². The number of alkyl halides is 1. The first-order valence-corrected chi connectivity index (χ1v) is 5.56. The van der Waals surface area contributed by atoms with Crippen LogP contribution in [0.5, 0.6) is 5.75 Å². The van der Waals surface area contributed by atoms with Crippen LogP contribution in [0.25, 0.3) is 0 Å². The van der Waals surface area contributed by atoms with E-state index >= 15 is 0 Å². The summed E-state index contributed by atoms with van der Waals surface area (Å²) >= 11 is 2.20. The number of pyridine rings is 1. The zero-order chi connectivity index (χ0) is 10.6. The number of rotatable bonds is 4. The fourth-order valence-corrected chi connectivity index (χ4v) is 1.18. The number of ether oxygens (including phenoxy) is 1. The zero-order valence-corrected chi connectivity index (χ0v) is 9.82. The second-order valence-corrected chi connectivity index (χ2v) is 3.76. The van der Waals surface area contributed by atoms with E-state index < -0.39 is 5.97 Å². The molecule has 0 unspecified atom stereocenters. The first kappa shape index (κ1) is 11.2. The molecule has 0 aliphatic rings. The number of carboxylic acid groups (broad SMARTS) is 1. The van der Waals surface area contributed by atoms with Gasteiger partial charge in [0.25, 0.3) is 0 Å². The fraction of sp³-hybridized carbons (Fsp3) is 0.333. The summed E-state index contributed by atoms with van der Waals surface area (Å²) < 4.78 is 6.24. The third-order valence-electron chi connectivity index (χ3n) is 1.62. The van der Waals surface area contributed by atoms with Gasteiger partial charge in [-0.2, -0.15) is 0 Å². The molecular formula is C9H10INO3. The topological polar surface area (TPSA) is 59.4 Å². The molecule has 1 N–H and O–H groups in total. The molecule has 0 bridgehead atoms. The molecule has 4 nitrogen and oxygen atoms in total. The predicted molar refractivity (Wildman–Crippen MR) is 60.3 cm³/mol. The summed E-state index contributed by atoms with van der Waals surface area (Å²) in [6.07, 6.45) is 1.45. The predicted octanol–water partition coefficient (Wildman–Crippen LogP) is 1.90. The minimum Gasteiger partial charge on any atom is -0.491 e. The van der Waals surface area contributed by atoms with Crippen molar-refractivity contribution in [2.45, 2.75) is 6.92 Å². The van der Waals surface area contributed by atoms with Gasteiger partial charge in [-0.1, -0.05) is 22.6 Å². The molecule has 0 spiro atoms. The van der Waals surface area contributed by atoms with Gasteiger partial charge in [-0.25, -0.2) is 9.78 Å². The minimum atomic E-state index is -1.02. The Hall–Kier alpha value is -0.850. The van der Waals surface area contributed by atoms with Crippen LogP contribution in [0.15, 0.2) is 12.3 Å². The lowest BCUT2D eigenvalue weighted by Crippen LogP contribution is -2.04. The molecular weight excluding hydrogens is 297 g/mol. The van der Waals surface area contributed by atoms with Crippen LogP contribution in [0.1, 0.15) is 16.1 Å². The summed E-state index contributed by atoms with van der Waals surface area (Å²) in [4.78, 5) is 14.3. The molecule has 0 aliphatic heterocycles. The number of aryl methyl sites for hydroxylation is 1. The number of hydrogen-bond acceptors (Lipinski definition) is 3. The second kappa shape index (κ2) is 5.14. The summed E-state index contributed by atoms with van der Waals surface area (Å²) in [5, 5.41) is 8.67. The Morgan fingerprint density at radius 2 is 2.43 bits per heavy atom. The maximum absolute atomic E-state index is 10.6. The Labute approximate surface area is 95.4 Å². The summed E-state index contributed by atoms with van der Waals surface area (Å²) in [5.74, 6) is -0.375. The van der Waals surface area contributed by atoms with Gasteiger partial charge in [0.2, 0.25) is 0 Å². The maximum atomic E-state index is 10.6. The first-order chi connectivity index (χ1) is 6.65. The van der Waals surface area contributed by atoms with Gasteiger partial charge >= 0.3 is 5.97 Å². The Bertz CT molecular complexity index is 341. The van der Waals surface area contributed by atoms with Crippen molar-refractivity contribution >= 4 is 28.6 Å². The quantitative estimate of drug-likeness (QED) is 0.682. The highest BCUT2D eigenvalue weighted by Gasteiger charge is 2.07. The molecule has 5 heteroatoms. The van der Waals surface area contributed by atoms with Gasteiger partial charge in [-0.05, 0) is 18.6 Å². The normalized spacial score (nSPS) is 9.86. The summed E-state index contributed by atoms with van der Waals surface area (Å²) in [7, 11) is 0. The molecule has 0 aliphatic carbocycles. The van der Waals surface area contributed by atoms with Crippen molar-refractivity contribution in [2.24, 2.45) is 0 Å². The zero-order valence-electron chi connectivity index (χ0n) is 7.66. The second-order valence-electron chi connectivity index (χ2n) is 2.68. The lowest BCUT2D eigenvalue weighted by Gasteiger charge is -2.06. The highest BCUT2D eigenvalue weighted by atomic mass is 127. The van der Waals surface area contributed by atoms with Gasteiger partial charge < -0.3 is 9.84 Å². The molecule has 0 saturated heterocycles. The number of carboxylic acids is 1. The van der Waals surface area contributed by atoms with Gasteiger partial charge in [-0.3, -0.25) is 0 Å². The van der Waals surface area contributed by atoms with Crippen molar-refractivity contribution < 1.29 is 14.6 Å². The van der Waals surface area contributed by atoms with E-state index in [1.165, 1.54) is 12.3 Å². The number of aromatic nitrogens is 1. The van der Waals surface area contributed by atoms with E-state index in [0.717, 1.165) is 9.99 Å². The van der Waals surface area contributed by atoms with E-state index in [9.17, 15) is 4.79 Å². The molecule has 14 heavy (non-hydrogen) atoms. The number of halogens is 1. The number of hydrogen-bond donors (Lipinski definition) is 1. The van der Waals surface area contributed by atoms with E-state index in [-0.39, 0.29) is 5.69 Å². The number of carbonyl (C=O) groups is 1. The maximum Gasteiger partial charge on any atom is 0.354 e. The van der Waals surface area contributed by atoms with E-state index in [1.807, 2.05) is 0 Å². The van der Waals surface area contributed by atoms with Crippen LogP contribution < -0.4 is 4.74 Å². The third-order valence-corrected chi connectivity index (χ3v) is 2.06. The summed E-state index contributed by atoms with van der Waals surface area (Å²) in [6.45, 7) is 2.41. The van der Waals surface area contributed by atoms with E-state index in [2.05, 4.69) is 27.6 Å². The molecule has 0 atom stereocenters. The monoisotopic (exact) mass is 307 g/mol. The highest BCUT2D eigenvalue weighted by molar-refractivity contribution is 14.1. The van der Waals surface area contributed by atoms with Crippen molar-refractivity contribution in [2.75, 3.05) is 11.0 Å². The molecule has 0 amide bonds. The van der Waals surface area contributed by atoms with Crippen LogP contribution >= 0.6 is 22.6 Å². The Balaban J connectivity index is 2.84. The summed E-state index contributed by atoms with van der Waals surface area (Å²) in [5.41, 5.74) is 0.839. The summed E-state index contributed by atoms with van der Waals surface area (Å²) in [6, 6.07) is 1.50. The molecule has 1 aromatic heterocycles. The smallest absolute Gasteiger partial charge is 0.354 e. The van der Waals surface area contributed by atoms with E-state index in [1.54, 1.807) is 6.92 Å². The lowest BCUT2D eigenvalue weighted by atomic mass is 10.2. The largest absolute Gasteiger partial charge is 0.491 e. The Morgan fingerprint density at radius 1 is 1.71 bits per heavy atom. The molecule has 1 rings (SSSR count). The van der Waals surface area contributed by atoms with Crippen LogP contribution in [0.2, 0.25) is 0 Å². The lowest BCUT2D eigenvalue weighted by molar-refractivity contribution is 0.0690. The van der Waals surface area contributed by atoms with Crippen molar-refractivity contribution in [3.05, 3.63) is 23.5 Å². The Morgan fingerprint density at radius 3 is 2.93 bits per heavy atom. The van der Waals surface area contributed by atoms with Gasteiger partial charge in [0.1, 0.15) is 11.4 Å². The average Bonchev–Trinajstić information content (AvgIpc) is 2.15. The third kappa shape index (κ3) is 2.83. The molecule has 0 saturated carbocycles.